The Labute approximate surface area is 189 Å². The predicted molar refractivity (Wildman–Crippen MR) is 113 cm³/mol. The average Bonchev–Trinajstić information content (AvgIpc) is 3.40. The van der Waals surface area contributed by atoms with Gasteiger partial charge in [-0.15, -0.1) is 0 Å². The van der Waals surface area contributed by atoms with E-state index in [2.05, 4.69) is 19.9 Å². The topological polar surface area (TPSA) is 96.7 Å². The van der Waals surface area contributed by atoms with E-state index in [0.717, 1.165) is 44.3 Å². The summed E-state index contributed by atoms with van der Waals surface area (Å²) < 4.78 is 57.0. The van der Waals surface area contributed by atoms with Crippen LogP contribution in [0.2, 0.25) is 0 Å². The lowest BCUT2D eigenvalue weighted by molar-refractivity contribution is -0.151. The highest BCUT2D eigenvalue weighted by atomic mass is 19.4. The Balaban J connectivity index is 1.58. The minimum Gasteiger partial charge on any atom is -0.481 e. The molecule has 0 radical (unpaired) electrons. The molecule has 11 heteroatoms. The maximum absolute atomic E-state index is 13.9. The summed E-state index contributed by atoms with van der Waals surface area (Å²) >= 11 is 0. The first-order valence-electron chi connectivity index (χ1n) is 11.0. The van der Waals surface area contributed by atoms with Crippen molar-refractivity contribution in [1.29, 1.82) is 0 Å². The first kappa shape index (κ1) is 21.1. The number of hydrogen-bond acceptors (Lipinski definition) is 4. The van der Waals surface area contributed by atoms with Gasteiger partial charge in [0, 0.05) is 34.9 Å². The Bertz CT molecular complexity index is 1430. The maximum atomic E-state index is 13.9. The molecule has 0 aliphatic heterocycles. The molecule has 0 spiro atoms. The number of carboxylic acids is 1. The molecule has 4 heterocycles. The van der Waals surface area contributed by atoms with Gasteiger partial charge in [0.05, 0.1) is 23.7 Å². The van der Waals surface area contributed by atoms with Crippen molar-refractivity contribution in [2.45, 2.75) is 37.9 Å². The highest BCUT2D eigenvalue weighted by molar-refractivity contribution is 5.93. The molecule has 34 heavy (non-hydrogen) atoms. The molecule has 4 aromatic rings. The summed E-state index contributed by atoms with van der Waals surface area (Å²) in [6, 6.07) is 0.621. The molecule has 7 nitrogen and oxygen atoms in total. The van der Waals surface area contributed by atoms with Gasteiger partial charge in [0.15, 0.2) is 5.82 Å². The summed E-state index contributed by atoms with van der Waals surface area (Å²) in [5.41, 5.74) is -0.0849. The Morgan fingerprint density at radius 3 is 2.53 bits per heavy atom. The molecule has 2 N–H and O–H groups in total. The number of carboxylic acid groups (broad SMARTS) is 1. The first-order valence-corrected chi connectivity index (χ1v) is 11.0. The molecule has 176 valence electrons. The van der Waals surface area contributed by atoms with Crippen molar-refractivity contribution in [2.24, 2.45) is 17.8 Å². The van der Waals surface area contributed by atoms with E-state index >= 15 is 0 Å². The van der Waals surface area contributed by atoms with Crippen LogP contribution >= 0.6 is 0 Å². The number of alkyl halides is 3. The zero-order chi connectivity index (χ0) is 23.8. The summed E-state index contributed by atoms with van der Waals surface area (Å²) in [5.74, 6) is -2.38. The second-order valence-electron chi connectivity index (χ2n) is 9.16. The van der Waals surface area contributed by atoms with Crippen molar-refractivity contribution in [3.63, 3.8) is 0 Å². The minimum atomic E-state index is -4.66. The molecule has 0 amide bonds. The second kappa shape index (κ2) is 7.25. The third kappa shape index (κ3) is 3.09. The zero-order valence-electron chi connectivity index (χ0n) is 17.7. The van der Waals surface area contributed by atoms with Gasteiger partial charge in [0.25, 0.3) is 0 Å². The Morgan fingerprint density at radius 1 is 1.09 bits per heavy atom. The summed E-state index contributed by atoms with van der Waals surface area (Å²) in [7, 11) is 0. The molecule has 2 atom stereocenters. The highest BCUT2D eigenvalue weighted by Gasteiger charge is 2.49. The Hall–Kier alpha value is -3.50. The van der Waals surface area contributed by atoms with E-state index in [1.807, 2.05) is 0 Å². The van der Waals surface area contributed by atoms with Crippen LogP contribution in [0.1, 0.15) is 37.3 Å². The van der Waals surface area contributed by atoms with Crippen molar-refractivity contribution in [2.75, 3.05) is 0 Å². The van der Waals surface area contributed by atoms with E-state index < -0.39 is 35.5 Å². The summed E-state index contributed by atoms with van der Waals surface area (Å²) in [6.45, 7) is 0. The molecule has 3 aliphatic rings. The van der Waals surface area contributed by atoms with Gasteiger partial charge in [0.1, 0.15) is 17.1 Å². The van der Waals surface area contributed by atoms with Crippen molar-refractivity contribution in [1.82, 2.24) is 24.5 Å². The number of H-pyrrole nitrogens is 1. The number of rotatable bonds is 3. The first-order chi connectivity index (χ1) is 16.2. The smallest absolute Gasteiger partial charge is 0.418 e. The SMILES string of the molecule is O=C(O)[C@@H]1C2CCC(CC2)[C@H]1n1cc(C(F)(F)F)c2cnc(-c3c[nH]c4ncc(F)cc34)nc21. The lowest BCUT2D eigenvalue weighted by atomic mass is 9.61. The number of aromatic nitrogens is 5. The number of aromatic amines is 1. The molecule has 3 saturated carbocycles. The van der Waals surface area contributed by atoms with E-state index in [-0.39, 0.29) is 28.7 Å². The number of hydrogen-bond donors (Lipinski definition) is 2. The van der Waals surface area contributed by atoms with Crippen molar-refractivity contribution < 1.29 is 27.5 Å². The number of nitrogens with zero attached hydrogens (tertiary/aromatic N) is 4. The Morgan fingerprint density at radius 2 is 1.82 bits per heavy atom. The molecule has 0 unspecified atom stereocenters. The van der Waals surface area contributed by atoms with Gasteiger partial charge < -0.3 is 14.7 Å². The average molecular weight is 473 g/mol. The van der Waals surface area contributed by atoms with Gasteiger partial charge >= 0.3 is 12.1 Å². The zero-order valence-corrected chi connectivity index (χ0v) is 17.7. The monoisotopic (exact) mass is 473 g/mol. The van der Waals surface area contributed by atoms with Crippen LogP contribution in [-0.2, 0) is 11.0 Å². The van der Waals surface area contributed by atoms with E-state index in [9.17, 15) is 27.5 Å². The largest absolute Gasteiger partial charge is 0.481 e. The van der Waals surface area contributed by atoms with Gasteiger partial charge in [-0.25, -0.2) is 19.3 Å². The van der Waals surface area contributed by atoms with Crippen molar-refractivity contribution in [3.8, 4) is 11.4 Å². The van der Waals surface area contributed by atoms with Crippen LogP contribution < -0.4 is 0 Å². The normalized spacial score (nSPS) is 24.8. The maximum Gasteiger partial charge on any atom is 0.418 e. The molecular weight excluding hydrogens is 454 g/mol. The molecule has 3 aliphatic carbocycles. The fraction of sp³-hybridized carbons (Fsp3) is 0.391. The van der Waals surface area contributed by atoms with E-state index in [4.69, 9.17) is 0 Å². The molecule has 3 fully saturated rings. The molecule has 7 rings (SSSR count). The molecule has 4 aromatic heterocycles. The quantitative estimate of drug-likeness (QED) is 0.399. The number of nitrogens with one attached hydrogen (secondary N) is 1. The van der Waals surface area contributed by atoms with Crippen LogP contribution in [0.4, 0.5) is 17.6 Å². The number of aliphatic carboxylic acids is 1. The van der Waals surface area contributed by atoms with Gasteiger partial charge in [-0.1, -0.05) is 0 Å². The molecular formula is C23H19F4N5O2. The third-order valence-electron chi connectivity index (χ3n) is 7.40. The van der Waals surface area contributed by atoms with Crippen LogP contribution in [0.3, 0.4) is 0 Å². The van der Waals surface area contributed by atoms with Crippen LogP contribution in [0, 0.1) is 23.6 Å². The molecule has 0 saturated heterocycles. The van der Waals surface area contributed by atoms with Gasteiger partial charge in [-0.2, -0.15) is 13.2 Å². The summed E-state index contributed by atoms with van der Waals surface area (Å²) in [5, 5.41) is 10.2. The molecule has 0 aromatic carbocycles. The van der Waals surface area contributed by atoms with E-state index in [1.54, 1.807) is 0 Å². The summed E-state index contributed by atoms with van der Waals surface area (Å²) in [6.07, 6.45) is 3.08. The van der Waals surface area contributed by atoms with Crippen LogP contribution in [-0.4, -0.2) is 35.6 Å². The lowest BCUT2D eigenvalue weighted by Gasteiger charge is -2.47. The highest BCUT2D eigenvalue weighted by Crippen LogP contribution is 2.53. The number of fused-ring (bicyclic) bond motifs is 5. The van der Waals surface area contributed by atoms with Crippen LogP contribution in [0.15, 0.2) is 30.9 Å². The van der Waals surface area contributed by atoms with Crippen LogP contribution in [0.5, 0.6) is 0 Å². The molecule has 2 bridgehead atoms. The van der Waals surface area contributed by atoms with Crippen molar-refractivity contribution in [3.05, 3.63) is 42.2 Å². The van der Waals surface area contributed by atoms with Gasteiger partial charge in [0.2, 0.25) is 0 Å². The predicted octanol–water partition coefficient (Wildman–Crippen LogP) is 5.19. The Kier molecular flexibility index (Phi) is 4.49. The van der Waals surface area contributed by atoms with Gasteiger partial charge in [-0.3, -0.25) is 4.79 Å². The van der Waals surface area contributed by atoms with E-state index in [0.29, 0.717) is 16.6 Å². The van der Waals surface area contributed by atoms with E-state index in [1.165, 1.54) is 16.8 Å². The third-order valence-corrected chi connectivity index (χ3v) is 7.40. The fourth-order valence-electron chi connectivity index (χ4n) is 5.94. The van der Waals surface area contributed by atoms with Crippen molar-refractivity contribution >= 4 is 28.0 Å². The summed E-state index contributed by atoms with van der Waals surface area (Å²) in [4.78, 5) is 27.7. The second-order valence-corrected chi connectivity index (χ2v) is 9.16. The number of carbonyl (C=O) groups is 1. The minimum absolute atomic E-state index is 0.0276. The fourth-order valence-corrected chi connectivity index (χ4v) is 5.94. The number of halogens is 4. The number of pyridine rings is 1. The standard InChI is InChI=1S/C23H19F4N5O2/c24-12-5-13-14(7-29-19(13)28-6-12)20-30-8-15-16(23(25,26)27)9-32(21(15)31-20)18-11-3-1-10(2-4-11)17(18)22(33)34/h5-11,17-18H,1-4H2,(H,28,29)(H,33,34)/t10?,11?,17-,18-/m1/s1. The van der Waals surface area contributed by atoms with Gasteiger partial charge in [-0.05, 0) is 43.6 Å². The van der Waals surface area contributed by atoms with Crippen LogP contribution in [0.25, 0.3) is 33.5 Å². The lowest BCUT2D eigenvalue weighted by Crippen LogP contribution is -2.45.